The van der Waals surface area contributed by atoms with E-state index in [9.17, 15) is 0 Å². The zero-order valence-electron chi connectivity index (χ0n) is 10.6. The Morgan fingerprint density at radius 2 is 2.24 bits per heavy atom. The van der Waals surface area contributed by atoms with Gasteiger partial charge in [0.25, 0.3) is 0 Å². The van der Waals surface area contributed by atoms with Gasteiger partial charge >= 0.3 is 0 Å². The smallest absolute Gasteiger partial charge is 0.140 e. The van der Waals surface area contributed by atoms with Crippen LogP contribution in [0.1, 0.15) is 37.4 Å². The fourth-order valence-corrected chi connectivity index (χ4v) is 3.55. The average molecular weight is 269 g/mol. The standard InChI is InChI=1S/C12H19N3S2/c1-4-8(2)17-7-11-14-10-6-16-5-9(10)12(13-3)15-11/h8H,4-7H2,1-3H3,(H,13,14,15). The minimum Gasteiger partial charge on any atom is -0.373 e. The molecule has 94 valence electrons. The van der Waals surface area contributed by atoms with Crippen LogP contribution >= 0.6 is 23.5 Å². The number of nitrogens with one attached hydrogen (secondary N) is 1. The monoisotopic (exact) mass is 269 g/mol. The Labute approximate surface area is 112 Å². The first-order chi connectivity index (χ1) is 8.24. The Bertz CT molecular complexity index is 396. The van der Waals surface area contributed by atoms with Crippen molar-refractivity contribution in [3.05, 3.63) is 17.1 Å². The molecule has 0 saturated carbocycles. The van der Waals surface area contributed by atoms with Crippen molar-refractivity contribution >= 4 is 29.3 Å². The number of hydrogen-bond acceptors (Lipinski definition) is 5. The van der Waals surface area contributed by atoms with Crippen LogP contribution in [-0.2, 0) is 17.3 Å². The molecule has 0 spiro atoms. The van der Waals surface area contributed by atoms with E-state index in [0.717, 1.165) is 28.9 Å². The first-order valence-corrected chi connectivity index (χ1v) is 8.20. The predicted octanol–water partition coefficient (Wildman–Crippen LogP) is 3.30. The van der Waals surface area contributed by atoms with Crippen molar-refractivity contribution in [1.82, 2.24) is 9.97 Å². The van der Waals surface area contributed by atoms with Crippen molar-refractivity contribution in [2.75, 3.05) is 12.4 Å². The van der Waals surface area contributed by atoms with Crippen molar-refractivity contribution in [2.45, 2.75) is 42.8 Å². The zero-order chi connectivity index (χ0) is 12.3. The quantitative estimate of drug-likeness (QED) is 0.888. The highest BCUT2D eigenvalue weighted by atomic mass is 32.2. The highest BCUT2D eigenvalue weighted by Crippen LogP contribution is 2.33. The summed E-state index contributed by atoms with van der Waals surface area (Å²) in [6.07, 6.45) is 1.20. The molecule has 2 rings (SSSR count). The second kappa shape index (κ2) is 5.96. The molecule has 0 fully saturated rings. The van der Waals surface area contributed by atoms with Crippen molar-refractivity contribution in [3.63, 3.8) is 0 Å². The van der Waals surface area contributed by atoms with Crippen LogP contribution < -0.4 is 5.32 Å². The van der Waals surface area contributed by atoms with Crippen molar-refractivity contribution in [2.24, 2.45) is 0 Å². The van der Waals surface area contributed by atoms with Crippen LogP contribution in [0.4, 0.5) is 5.82 Å². The Morgan fingerprint density at radius 1 is 1.41 bits per heavy atom. The number of anilines is 1. The molecule has 0 aromatic carbocycles. The molecule has 0 radical (unpaired) electrons. The molecule has 1 aliphatic rings. The fraction of sp³-hybridized carbons (Fsp3) is 0.667. The lowest BCUT2D eigenvalue weighted by molar-refractivity contribution is 0.898. The molecular formula is C12H19N3S2. The third-order valence-electron chi connectivity index (χ3n) is 2.93. The van der Waals surface area contributed by atoms with Crippen LogP contribution in [0.3, 0.4) is 0 Å². The molecule has 1 aromatic rings. The Hall–Kier alpha value is -0.420. The summed E-state index contributed by atoms with van der Waals surface area (Å²) in [5, 5.41) is 3.88. The Kier molecular flexibility index (Phi) is 4.56. The van der Waals surface area contributed by atoms with Crippen molar-refractivity contribution < 1.29 is 0 Å². The van der Waals surface area contributed by atoms with E-state index in [4.69, 9.17) is 0 Å². The van der Waals surface area contributed by atoms with E-state index >= 15 is 0 Å². The van der Waals surface area contributed by atoms with E-state index in [0.29, 0.717) is 5.25 Å². The predicted molar refractivity (Wildman–Crippen MR) is 77.6 cm³/mol. The van der Waals surface area contributed by atoms with Gasteiger partial charge in [-0.15, -0.1) is 0 Å². The van der Waals surface area contributed by atoms with Crippen LogP contribution in [0.2, 0.25) is 0 Å². The first-order valence-electron chi connectivity index (χ1n) is 6.00. The third-order valence-corrected chi connectivity index (χ3v) is 5.23. The van der Waals surface area contributed by atoms with E-state index in [1.54, 1.807) is 0 Å². The summed E-state index contributed by atoms with van der Waals surface area (Å²) in [5.74, 6) is 5.00. The van der Waals surface area contributed by atoms with E-state index in [2.05, 4.69) is 29.1 Å². The summed E-state index contributed by atoms with van der Waals surface area (Å²) in [6, 6.07) is 0. The summed E-state index contributed by atoms with van der Waals surface area (Å²) in [6.45, 7) is 4.48. The minimum atomic E-state index is 0.680. The lowest BCUT2D eigenvalue weighted by Gasteiger charge is -2.10. The van der Waals surface area contributed by atoms with E-state index in [1.807, 2.05) is 30.6 Å². The van der Waals surface area contributed by atoms with Gasteiger partial charge in [-0.1, -0.05) is 13.8 Å². The number of rotatable bonds is 5. The fourth-order valence-electron chi connectivity index (χ4n) is 1.71. The van der Waals surface area contributed by atoms with Gasteiger partial charge in [0.2, 0.25) is 0 Å². The number of aromatic nitrogens is 2. The molecular weight excluding hydrogens is 250 g/mol. The van der Waals surface area contributed by atoms with Crippen molar-refractivity contribution in [1.29, 1.82) is 0 Å². The molecule has 3 nitrogen and oxygen atoms in total. The molecule has 1 aliphatic heterocycles. The minimum absolute atomic E-state index is 0.680. The molecule has 17 heavy (non-hydrogen) atoms. The molecule has 0 aliphatic carbocycles. The van der Waals surface area contributed by atoms with Crippen LogP contribution in [0.25, 0.3) is 0 Å². The van der Waals surface area contributed by atoms with E-state index < -0.39 is 0 Å². The molecule has 1 aromatic heterocycles. The molecule has 1 N–H and O–H groups in total. The van der Waals surface area contributed by atoms with Gasteiger partial charge in [0.1, 0.15) is 11.6 Å². The van der Waals surface area contributed by atoms with Crippen LogP contribution in [0.15, 0.2) is 0 Å². The first kappa shape index (κ1) is 13.0. The molecule has 2 heterocycles. The van der Waals surface area contributed by atoms with Gasteiger partial charge in [-0.25, -0.2) is 9.97 Å². The maximum atomic E-state index is 4.68. The largest absolute Gasteiger partial charge is 0.373 e. The second-order valence-corrected chi connectivity index (χ2v) is 6.60. The number of fused-ring (bicyclic) bond motifs is 1. The van der Waals surface area contributed by atoms with Gasteiger partial charge in [-0.05, 0) is 6.42 Å². The maximum absolute atomic E-state index is 4.68. The number of hydrogen-bond donors (Lipinski definition) is 1. The van der Waals surface area contributed by atoms with Gasteiger partial charge in [-0.3, -0.25) is 0 Å². The number of nitrogens with zero attached hydrogens (tertiary/aromatic N) is 2. The van der Waals surface area contributed by atoms with Gasteiger partial charge in [0.05, 0.1) is 11.4 Å². The Balaban J connectivity index is 2.13. The summed E-state index contributed by atoms with van der Waals surface area (Å²) in [7, 11) is 1.94. The normalized spacial score (nSPS) is 15.7. The lowest BCUT2D eigenvalue weighted by atomic mass is 10.2. The van der Waals surface area contributed by atoms with Crippen LogP contribution in [0.5, 0.6) is 0 Å². The van der Waals surface area contributed by atoms with Crippen LogP contribution in [0, 0.1) is 0 Å². The van der Waals surface area contributed by atoms with Gasteiger partial charge in [0.15, 0.2) is 0 Å². The number of thioether (sulfide) groups is 2. The van der Waals surface area contributed by atoms with Gasteiger partial charge in [0, 0.05) is 29.4 Å². The topological polar surface area (TPSA) is 37.8 Å². The molecule has 0 amide bonds. The van der Waals surface area contributed by atoms with E-state index in [1.165, 1.54) is 17.7 Å². The summed E-state index contributed by atoms with van der Waals surface area (Å²) >= 11 is 3.86. The molecule has 0 bridgehead atoms. The highest BCUT2D eigenvalue weighted by molar-refractivity contribution is 7.99. The molecule has 1 atom stereocenters. The second-order valence-electron chi connectivity index (χ2n) is 4.19. The summed E-state index contributed by atoms with van der Waals surface area (Å²) in [4.78, 5) is 9.29. The molecule has 1 unspecified atom stereocenters. The third kappa shape index (κ3) is 3.07. The van der Waals surface area contributed by atoms with Crippen molar-refractivity contribution in [3.8, 4) is 0 Å². The molecule has 5 heteroatoms. The Morgan fingerprint density at radius 3 is 2.94 bits per heavy atom. The summed E-state index contributed by atoms with van der Waals surface area (Å²) < 4.78 is 0. The summed E-state index contributed by atoms with van der Waals surface area (Å²) in [5.41, 5.74) is 2.53. The zero-order valence-corrected chi connectivity index (χ0v) is 12.2. The van der Waals surface area contributed by atoms with Gasteiger partial charge in [-0.2, -0.15) is 23.5 Å². The van der Waals surface area contributed by atoms with E-state index in [-0.39, 0.29) is 0 Å². The average Bonchev–Trinajstić information content (AvgIpc) is 2.82. The highest BCUT2D eigenvalue weighted by Gasteiger charge is 2.19. The lowest BCUT2D eigenvalue weighted by Crippen LogP contribution is -2.06. The van der Waals surface area contributed by atoms with Gasteiger partial charge < -0.3 is 5.32 Å². The van der Waals surface area contributed by atoms with Crippen LogP contribution in [-0.4, -0.2) is 22.3 Å². The molecule has 0 saturated heterocycles. The maximum Gasteiger partial charge on any atom is 0.140 e. The SMILES string of the molecule is CCC(C)SCc1nc2c(c(NC)n1)CSC2.